The van der Waals surface area contributed by atoms with Crippen LogP contribution >= 0.6 is 0 Å². The van der Waals surface area contributed by atoms with E-state index in [9.17, 15) is 4.79 Å². The highest BCUT2D eigenvalue weighted by atomic mass is 16.5. The van der Waals surface area contributed by atoms with Crippen molar-refractivity contribution in [1.29, 1.82) is 0 Å². The topological polar surface area (TPSA) is 84.6 Å². The number of aliphatic hydroxyl groups is 1. The number of amides is 1. The Morgan fingerprint density at radius 2 is 2.27 bits per heavy atom. The maximum atomic E-state index is 12.0. The van der Waals surface area contributed by atoms with E-state index in [1.54, 1.807) is 7.11 Å². The predicted molar refractivity (Wildman–Crippen MR) is 83.2 cm³/mol. The van der Waals surface area contributed by atoms with Crippen LogP contribution in [-0.4, -0.2) is 41.9 Å². The second-order valence-corrected chi connectivity index (χ2v) is 5.31. The van der Waals surface area contributed by atoms with E-state index in [-0.39, 0.29) is 12.5 Å². The van der Waals surface area contributed by atoms with Gasteiger partial charge < -0.3 is 19.6 Å². The molecule has 1 atom stereocenters. The highest BCUT2D eigenvalue weighted by Gasteiger charge is 2.24. The lowest BCUT2D eigenvalue weighted by Gasteiger charge is -2.28. The van der Waals surface area contributed by atoms with Crippen molar-refractivity contribution in [2.75, 3.05) is 20.3 Å². The van der Waals surface area contributed by atoms with Crippen LogP contribution in [0, 0.1) is 0 Å². The van der Waals surface area contributed by atoms with Gasteiger partial charge in [0.15, 0.2) is 5.58 Å². The summed E-state index contributed by atoms with van der Waals surface area (Å²) in [5.41, 5.74) is 0.797. The molecule has 6 heteroatoms. The molecular weight excluding hydrogens is 284 g/mol. The lowest BCUT2D eigenvalue weighted by molar-refractivity contribution is -0.119. The monoisotopic (exact) mass is 304 g/mol. The molecule has 118 valence electrons. The summed E-state index contributed by atoms with van der Waals surface area (Å²) in [5.74, 6) is 0.0715. The molecule has 0 aliphatic carbocycles. The molecule has 1 unspecified atom stereocenters. The van der Waals surface area contributed by atoms with Crippen molar-refractivity contribution in [2.24, 2.45) is 0 Å². The fourth-order valence-electron chi connectivity index (χ4n) is 2.18. The van der Waals surface area contributed by atoms with Crippen molar-refractivity contribution >= 4 is 23.1 Å². The standard InChI is InChI=1S/C16H20N2O4/c1-16(9-10-19,11-21-2)18-14(20)7-8-15-17-12-5-3-4-6-13(12)22-15/h3-8,19H,9-11H2,1-2H3,(H,18,20)/b8-7+. The number of methoxy groups -OCH3 is 1. The molecule has 0 fully saturated rings. The predicted octanol–water partition coefficient (Wildman–Crippen LogP) is 1.74. The fraction of sp³-hybridized carbons (Fsp3) is 0.375. The molecule has 0 aliphatic rings. The summed E-state index contributed by atoms with van der Waals surface area (Å²) < 4.78 is 10.6. The van der Waals surface area contributed by atoms with Gasteiger partial charge in [-0.05, 0) is 25.5 Å². The summed E-state index contributed by atoms with van der Waals surface area (Å²) >= 11 is 0. The van der Waals surface area contributed by atoms with Gasteiger partial charge in [-0.2, -0.15) is 0 Å². The van der Waals surface area contributed by atoms with Crippen LogP contribution < -0.4 is 5.32 Å². The van der Waals surface area contributed by atoms with E-state index in [2.05, 4.69) is 10.3 Å². The molecule has 0 saturated carbocycles. The quantitative estimate of drug-likeness (QED) is 0.761. The Hall–Kier alpha value is -2.18. The van der Waals surface area contributed by atoms with E-state index in [1.807, 2.05) is 31.2 Å². The molecule has 0 spiro atoms. The molecule has 22 heavy (non-hydrogen) atoms. The van der Waals surface area contributed by atoms with Gasteiger partial charge in [0, 0.05) is 25.9 Å². The molecular formula is C16H20N2O4. The van der Waals surface area contributed by atoms with Gasteiger partial charge in [-0.1, -0.05) is 12.1 Å². The van der Waals surface area contributed by atoms with Crippen LogP contribution in [0.3, 0.4) is 0 Å². The first-order valence-electron chi connectivity index (χ1n) is 7.02. The highest BCUT2D eigenvalue weighted by molar-refractivity contribution is 5.92. The van der Waals surface area contributed by atoms with Crippen molar-refractivity contribution in [3.05, 3.63) is 36.2 Å². The molecule has 1 heterocycles. The Balaban J connectivity index is 2.03. The van der Waals surface area contributed by atoms with E-state index in [0.717, 1.165) is 5.52 Å². The summed E-state index contributed by atoms with van der Waals surface area (Å²) in [5, 5.41) is 11.9. The minimum atomic E-state index is -0.619. The lowest BCUT2D eigenvalue weighted by Crippen LogP contribution is -2.49. The fourth-order valence-corrected chi connectivity index (χ4v) is 2.18. The SMILES string of the molecule is COCC(C)(CCO)NC(=O)/C=C/c1nc2ccccc2o1. The number of nitrogens with zero attached hydrogens (tertiary/aromatic N) is 1. The van der Waals surface area contributed by atoms with E-state index in [4.69, 9.17) is 14.3 Å². The van der Waals surface area contributed by atoms with Crippen LogP contribution in [0.15, 0.2) is 34.8 Å². The van der Waals surface area contributed by atoms with Crippen molar-refractivity contribution < 1.29 is 19.1 Å². The van der Waals surface area contributed by atoms with Crippen LogP contribution in [0.2, 0.25) is 0 Å². The number of oxazole rings is 1. The number of rotatable bonds is 7. The number of aromatic nitrogens is 1. The first-order valence-corrected chi connectivity index (χ1v) is 7.02. The molecule has 6 nitrogen and oxygen atoms in total. The van der Waals surface area contributed by atoms with E-state index in [1.165, 1.54) is 12.2 Å². The van der Waals surface area contributed by atoms with Crippen LogP contribution in [0.5, 0.6) is 0 Å². The summed E-state index contributed by atoms with van der Waals surface area (Å²) in [7, 11) is 1.55. The number of fused-ring (bicyclic) bond motifs is 1. The molecule has 2 rings (SSSR count). The number of nitrogens with one attached hydrogen (secondary N) is 1. The van der Waals surface area contributed by atoms with Crippen LogP contribution in [0.25, 0.3) is 17.2 Å². The first-order chi connectivity index (χ1) is 10.6. The van der Waals surface area contributed by atoms with Gasteiger partial charge in [0.1, 0.15) is 5.52 Å². The number of aliphatic hydroxyl groups excluding tert-OH is 1. The van der Waals surface area contributed by atoms with E-state index < -0.39 is 5.54 Å². The van der Waals surface area contributed by atoms with Gasteiger partial charge in [0.25, 0.3) is 0 Å². The molecule has 2 N–H and O–H groups in total. The minimum absolute atomic E-state index is 0.0328. The molecule has 0 bridgehead atoms. The Kier molecular flexibility index (Phi) is 5.30. The summed E-state index contributed by atoms with van der Waals surface area (Å²) in [6.45, 7) is 2.10. The average molecular weight is 304 g/mol. The second-order valence-electron chi connectivity index (χ2n) is 5.31. The zero-order valence-electron chi connectivity index (χ0n) is 12.7. The Bertz CT molecular complexity index is 624. The van der Waals surface area contributed by atoms with Crippen LogP contribution in [-0.2, 0) is 9.53 Å². The zero-order chi connectivity index (χ0) is 16.0. The highest BCUT2D eigenvalue weighted by Crippen LogP contribution is 2.15. The third kappa shape index (κ3) is 4.16. The number of ether oxygens (including phenoxy) is 1. The zero-order valence-corrected chi connectivity index (χ0v) is 12.7. The molecule has 0 aliphatic heterocycles. The van der Waals surface area contributed by atoms with E-state index in [0.29, 0.717) is 24.5 Å². The largest absolute Gasteiger partial charge is 0.437 e. The number of carbonyl (C=O) groups is 1. The third-order valence-corrected chi connectivity index (χ3v) is 3.24. The number of para-hydroxylation sites is 2. The summed E-state index contributed by atoms with van der Waals surface area (Å²) in [4.78, 5) is 16.2. The number of hydrogen-bond donors (Lipinski definition) is 2. The van der Waals surface area contributed by atoms with Crippen molar-refractivity contribution in [2.45, 2.75) is 18.9 Å². The molecule has 1 amide bonds. The lowest BCUT2D eigenvalue weighted by atomic mass is 9.99. The first kappa shape index (κ1) is 16.2. The molecule has 0 radical (unpaired) electrons. The van der Waals surface area contributed by atoms with Gasteiger partial charge in [-0.3, -0.25) is 4.79 Å². The Labute approximate surface area is 128 Å². The molecule has 0 saturated heterocycles. The number of carbonyl (C=O) groups excluding carboxylic acids is 1. The van der Waals surface area contributed by atoms with Crippen LogP contribution in [0.1, 0.15) is 19.2 Å². The smallest absolute Gasteiger partial charge is 0.244 e. The third-order valence-electron chi connectivity index (χ3n) is 3.24. The van der Waals surface area contributed by atoms with Crippen molar-refractivity contribution in [3.63, 3.8) is 0 Å². The Morgan fingerprint density at radius 1 is 1.50 bits per heavy atom. The minimum Gasteiger partial charge on any atom is -0.437 e. The van der Waals surface area contributed by atoms with Gasteiger partial charge in [0.05, 0.1) is 12.1 Å². The summed E-state index contributed by atoms with van der Waals surface area (Å²) in [6.07, 6.45) is 3.28. The number of benzene rings is 1. The van der Waals surface area contributed by atoms with Gasteiger partial charge in [-0.15, -0.1) is 0 Å². The van der Waals surface area contributed by atoms with Crippen molar-refractivity contribution in [3.8, 4) is 0 Å². The molecule has 1 aromatic heterocycles. The Morgan fingerprint density at radius 3 is 2.95 bits per heavy atom. The van der Waals surface area contributed by atoms with Crippen LogP contribution in [0.4, 0.5) is 0 Å². The summed E-state index contributed by atoms with van der Waals surface area (Å²) in [6, 6.07) is 7.39. The van der Waals surface area contributed by atoms with Crippen molar-refractivity contribution in [1.82, 2.24) is 10.3 Å². The normalized spacial score (nSPS) is 14.3. The molecule has 1 aromatic carbocycles. The maximum absolute atomic E-state index is 12.0. The maximum Gasteiger partial charge on any atom is 0.244 e. The van der Waals surface area contributed by atoms with E-state index >= 15 is 0 Å². The van der Waals surface area contributed by atoms with Gasteiger partial charge in [-0.25, -0.2) is 4.98 Å². The second kappa shape index (κ2) is 7.20. The molecule has 2 aromatic rings. The van der Waals surface area contributed by atoms with Gasteiger partial charge >= 0.3 is 0 Å². The number of hydrogen-bond acceptors (Lipinski definition) is 5. The van der Waals surface area contributed by atoms with Gasteiger partial charge in [0.2, 0.25) is 11.8 Å². The average Bonchev–Trinajstić information content (AvgIpc) is 2.88.